The average molecular weight is 185 g/mol. The molecule has 0 amide bonds. The Morgan fingerprint density at radius 1 is 1.54 bits per heavy atom. The zero-order chi connectivity index (χ0) is 9.10. The summed E-state index contributed by atoms with van der Waals surface area (Å²) in [5.74, 6) is 0. The Morgan fingerprint density at radius 2 is 2.46 bits per heavy atom. The molecule has 3 N–H and O–H groups in total. The Hall–Kier alpha value is -0.160. The Morgan fingerprint density at radius 3 is 3.15 bits per heavy atom. The van der Waals surface area contributed by atoms with E-state index >= 15 is 0 Å². The first-order chi connectivity index (χ1) is 6.42. The fourth-order valence-electron chi connectivity index (χ4n) is 2.26. The summed E-state index contributed by atoms with van der Waals surface area (Å²) in [5, 5.41) is 3.38. The summed E-state index contributed by atoms with van der Waals surface area (Å²) in [5.41, 5.74) is 5.74. The molecule has 4 heteroatoms. The summed E-state index contributed by atoms with van der Waals surface area (Å²) in [7, 11) is 0. The highest BCUT2D eigenvalue weighted by Crippen LogP contribution is 2.16. The number of ether oxygens (including phenoxy) is 1. The quantitative estimate of drug-likeness (QED) is 0.580. The highest BCUT2D eigenvalue weighted by molar-refractivity contribution is 4.87. The van der Waals surface area contributed by atoms with Gasteiger partial charge in [0.2, 0.25) is 0 Å². The van der Waals surface area contributed by atoms with Gasteiger partial charge in [-0.3, -0.25) is 4.90 Å². The molecule has 2 rings (SSSR count). The predicted molar refractivity (Wildman–Crippen MR) is 51.6 cm³/mol. The van der Waals surface area contributed by atoms with Gasteiger partial charge in [-0.2, -0.15) is 0 Å². The normalized spacial score (nSPS) is 36.7. The summed E-state index contributed by atoms with van der Waals surface area (Å²) >= 11 is 0. The minimum atomic E-state index is 0.514. The fourth-order valence-corrected chi connectivity index (χ4v) is 2.26. The highest BCUT2D eigenvalue weighted by Gasteiger charge is 2.29. The summed E-state index contributed by atoms with van der Waals surface area (Å²) in [6.45, 7) is 5.82. The number of piperazine rings is 1. The van der Waals surface area contributed by atoms with Crippen LogP contribution in [0.5, 0.6) is 0 Å². The van der Waals surface area contributed by atoms with Crippen LogP contribution in [0.2, 0.25) is 0 Å². The first-order valence-electron chi connectivity index (χ1n) is 5.16. The lowest BCUT2D eigenvalue weighted by atomic mass is 10.1. The lowest BCUT2D eigenvalue weighted by molar-refractivity contribution is 0.0927. The molecule has 0 radical (unpaired) electrons. The van der Waals surface area contributed by atoms with Crippen molar-refractivity contribution in [1.82, 2.24) is 10.2 Å². The van der Waals surface area contributed by atoms with Gasteiger partial charge in [0.1, 0.15) is 0 Å². The average Bonchev–Trinajstić information content (AvgIpc) is 2.70. The number of nitrogens with two attached hydrogens (primary N) is 1. The fraction of sp³-hybridized carbons (Fsp3) is 1.00. The van der Waals surface area contributed by atoms with Crippen LogP contribution in [0, 0.1) is 0 Å². The van der Waals surface area contributed by atoms with E-state index in [4.69, 9.17) is 10.5 Å². The van der Waals surface area contributed by atoms with Crippen molar-refractivity contribution in [2.45, 2.75) is 18.5 Å². The Kier molecular flexibility index (Phi) is 3.16. The molecule has 2 aliphatic heterocycles. The van der Waals surface area contributed by atoms with Crippen molar-refractivity contribution in [3.8, 4) is 0 Å². The van der Waals surface area contributed by atoms with Crippen LogP contribution in [0.1, 0.15) is 6.42 Å². The maximum atomic E-state index is 5.74. The van der Waals surface area contributed by atoms with Gasteiger partial charge in [-0.15, -0.1) is 0 Å². The van der Waals surface area contributed by atoms with E-state index in [1.165, 1.54) is 6.42 Å². The minimum Gasteiger partial charge on any atom is -0.380 e. The largest absolute Gasteiger partial charge is 0.380 e. The number of nitrogens with one attached hydrogen (secondary N) is 1. The van der Waals surface area contributed by atoms with Crippen LogP contribution in [0.25, 0.3) is 0 Å². The van der Waals surface area contributed by atoms with E-state index in [9.17, 15) is 0 Å². The molecule has 76 valence electrons. The topological polar surface area (TPSA) is 50.5 Å². The molecule has 0 saturated carbocycles. The molecule has 2 unspecified atom stereocenters. The molecule has 0 aromatic heterocycles. The number of rotatable bonds is 2. The van der Waals surface area contributed by atoms with Gasteiger partial charge in [0.25, 0.3) is 0 Å². The molecule has 2 aliphatic rings. The van der Waals surface area contributed by atoms with Crippen LogP contribution in [0.15, 0.2) is 0 Å². The Bertz CT molecular complexity index is 157. The predicted octanol–water partition coefficient (Wildman–Crippen LogP) is -0.992. The van der Waals surface area contributed by atoms with Crippen molar-refractivity contribution < 1.29 is 4.74 Å². The smallest absolute Gasteiger partial charge is 0.0622 e. The lowest BCUT2D eigenvalue weighted by Crippen LogP contribution is -2.58. The van der Waals surface area contributed by atoms with Crippen LogP contribution in [0.4, 0.5) is 0 Å². The van der Waals surface area contributed by atoms with E-state index in [1.54, 1.807) is 0 Å². The van der Waals surface area contributed by atoms with Crippen molar-refractivity contribution in [1.29, 1.82) is 0 Å². The number of nitrogens with zero attached hydrogens (tertiary/aromatic N) is 1. The first kappa shape index (κ1) is 9.40. The summed E-state index contributed by atoms with van der Waals surface area (Å²) < 4.78 is 5.40. The van der Waals surface area contributed by atoms with E-state index < -0.39 is 0 Å². The van der Waals surface area contributed by atoms with Crippen molar-refractivity contribution in [3.05, 3.63) is 0 Å². The highest BCUT2D eigenvalue weighted by atomic mass is 16.5. The minimum absolute atomic E-state index is 0.514. The molecule has 2 fully saturated rings. The maximum absolute atomic E-state index is 5.74. The summed E-state index contributed by atoms with van der Waals surface area (Å²) in [4.78, 5) is 2.52. The van der Waals surface area contributed by atoms with Crippen LogP contribution >= 0.6 is 0 Å². The van der Waals surface area contributed by atoms with Crippen molar-refractivity contribution >= 4 is 0 Å². The van der Waals surface area contributed by atoms with Crippen LogP contribution in [-0.4, -0.2) is 56.4 Å². The molecule has 13 heavy (non-hydrogen) atoms. The van der Waals surface area contributed by atoms with E-state index in [1.807, 2.05) is 0 Å². The molecule has 0 aromatic rings. The van der Waals surface area contributed by atoms with E-state index in [0.717, 1.165) is 39.4 Å². The molecular weight excluding hydrogens is 166 g/mol. The second-order valence-corrected chi connectivity index (χ2v) is 3.85. The third-order valence-electron chi connectivity index (χ3n) is 3.04. The van der Waals surface area contributed by atoms with Crippen molar-refractivity contribution in [2.75, 3.05) is 39.4 Å². The Labute approximate surface area is 79.4 Å². The van der Waals surface area contributed by atoms with Gasteiger partial charge < -0.3 is 15.8 Å². The molecule has 0 spiro atoms. The molecule has 0 aromatic carbocycles. The zero-order valence-electron chi connectivity index (χ0n) is 8.04. The Balaban J connectivity index is 1.93. The molecule has 0 bridgehead atoms. The standard InChI is InChI=1S/C9H19N3O/c10-5-9-6-11-2-3-12(9)8-1-4-13-7-8/h8-9,11H,1-7,10H2. The van der Waals surface area contributed by atoms with Crippen LogP contribution in [0.3, 0.4) is 0 Å². The van der Waals surface area contributed by atoms with E-state index in [0.29, 0.717) is 12.1 Å². The molecule has 2 saturated heterocycles. The van der Waals surface area contributed by atoms with Crippen molar-refractivity contribution in [2.24, 2.45) is 5.73 Å². The summed E-state index contributed by atoms with van der Waals surface area (Å²) in [6.07, 6.45) is 1.18. The number of hydrogen-bond donors (Lipinski definition) is 2. The molecule has 2 heterocycles. The van der Waals surface area contributed by atoms with Gasteiger partial charge in [-0.25, -0.2) is 0 Å². The molecular formula is C9H19N3O. The van der Waals surface area contributed by atoms with Crippen LogP contribution in [-0.2, 0) is 4.74 Å². The second-order valence-electron chi connectivity index (χ2n) is 3.85. The monoisotopic (exact) mass is 185 g/mol. The lowest BCUT2D eigenvalue weighted by Gasteiger charge is -2.39. The third kappa shape index (κ3) is 2.02. The van der Waals surface area contributed by atoms with Gasteiger partial charge in [0.15, 0.2) is 0 Å². The molecule has 4 nitrogen and oxygen atoms in total. The first-order valence-corrected chi connectivity index (χ1v) is 5.16. The maximum Gasteiger partial charge on any atom is 0.0622 e. The SMILES string of the molecule is NCC1CNCCN1C1CCOC1. The van der Waals surface area contributed by atoms with Gasteiger partial charge >= 0.3 is 0 Å². The van der Waals surface area contributed by atoms with Crippen molar-refractivity contribution in [3.63, 3.8) is 0 Å². The third-order valence-corrected chi connectivity index (χ3v) is 3.04. The second kappa shape index (κ2) is 4.37. The molecule has 2 atom stereocenters. The van der Waals surface area contributed by atoms with Gasteiger partial charge in [-0.05, 0) is 6.42 Å². The molecule has 0 aliphatic carbocycles. The van der Waals surface area contributed by atoms with Gasteiger partial charge in [0.05, 0.1) is 6.61 Å². The van der Waals surface area contributed by atoms with E-state index in [-0.39, 0.29) is 0 Å². The zero-order valence-corrected chi connectivity index (χ0v) is 8.04. The van der Waals surface area contributed by atoms with Gasteiger partial charge in [-0.1, -0.05) is 0 Å². The van der Waals surface area contributed by atoms with E-state index in [2.05, 4.69) is 10.2 Å². The number of hydrogen-bond acceptors (Lipinski definition) is 4. The van der Waals surface area contributed by atoms with Gasteiger partial charge in [0, 0.05) is 44.9 Å². The summed E-state index contributed by atoms with van der Waals surface area (Å²) in [6, 6.07) is 1.14. The van der Waals surface area contributed by atoms with Crippen LogP contribution < -0.4 is 11.1 Å².